The van der Waals surface area contributed by atoms with Gasteiger partial charge in [-0.15, -0.1) is 0 Å². The van der Waals surface area contributed by atoms with E-state index < -0.39 is 43.2 Å². The van der Waals surface area contributed by atoms with Crippen LogP contribution in [0.4, 0.5) is 23.4 Å². The van der Waals surface area contributed by atoms with E-state index >= 15 is 0 Å². The zero-order chi connectivity index (χ0) is 15.3. The van der Waals surface area contributed by atoms with Gasteiger partial charge >= 0.3 is 6.18 Å². The highest BCUT2D eigenvalue weighted by molar-refractivity contribution is 5.95. The number of hydrogen-bond acceptors (Lipinski definition) is 4. The van der Waals surface area contributed by atoms with Crippen LogP contribution in [-0.4, -0.2) is 53.8 Å². The van der Waals surface area contributed by atoms with E-state index in [2.05, 4.69) is 10.3 Å². The Labute approximate surface area is 112 Å². The number of amides is 1. The smallest absolute Gasteiger partial charge is 0.395 e. The summed E-state index contributed by atoms with van der Waals surface area (Å²) < 4.78 is 50.9. The van der Waals surface area contributed by atoms with Gasteiger partial charge in [-0.05, 0) is 6.07 Å². The molecular weight excluding hydrogens is 282 g/mol. The molecule has 0 aromatic carbocycles. The second-order valence-corrected chi connectivity index (χ2v) is 3.84. The predicted octanol–water partition coefficient (Wildman–Crippen LogP) is 1.26. The second-order valence-electron chi connectivity index (χ2n) is 3.84. The topological polar surface area (TPSA) is 65.5 Å². The first-order valence-corrected chi connectivity index (χ1v) is 5.59. The Morgan fingerprint density at radius 3 is 2.65 bits per heavy atom. The Morgan fingerprint density at radius 1 is 1.50 bits per heavy atom. The van der Waals surface area contributed by atoms with E-state index in [0.717, 1.165) is 12.3 Å². The maximum Gasteiger partial charge on any atom is 0.406 e. The minimum Gasteiger partial charge on any atom is -0.395 e. The van der Waals surface area contributed by atoms with Crippen molar-refractivity contribution in [2.45, 2.75) is 6.18 Å². The maximum absolute atomic E-state index is 13.8. The van der Waals surface area contributed by atoms with Gasteiger partial charge in [-0.25, -0.2) is 9.37 Å². The number of hydrogen-bond donors (Lipinski definition) is 2. The van der Waals surface area contributed by atoms with E-state index in [0.29, 0.717) is 4.90 Å². The lowest BCUT2D eigenvalue weighted by molar-refractivity contribution is -0.141. The Kier molecular flexibility index (Phi) is 5.26. The van der Waals surface area contributed by atoms with Gasteiger partial charge < -0.3 is 15.3 Å². The third-order valence-corrected chi connectivity index (χ3v) is 2.38. The number of aliphatic hydroxyl groups is 1. The number of carbonyl (C=O) groups is 1. The highest BCUT2D eigenvalue weighted by atomic mass is 19.4. The number of halogens is 4. The van der Waals surface area contributed by atoms with Crippen molar-refractivity contribution in [1.82, 2.24) is 9.88 Å². The largest absolute Gasteiger partial charge is 0.406 e. The van der Waals surface area contributed by atoms with Crippen molar-refractivity contribution in [3.05, 3.63) is 23.6 Å². The number of anilines is 1. The van der Waals surface area contributed by atoms with Crippen LogP contribution in [0.1, 0.15) is 10.4 Å². The van der Waals surface area contributed by atoms with Crippen LogP contribution in [0, 0.1) is 5.82 Å². The number of aromatic nitrogens is 1. The number of carbonyl (C=O) groups excluding carboxylic acids is 1. The third-order valence-electron chi connectivity index (χ3n) is 2.38. The summed E-state index contributed by atoms with van der Waals surface area (Å²) in [7, 11) is 1.36. The molecule has 0 aliphatic rings. The number of pyridine rings is 1. The van der Waals surface area contributed by atoms with Crippen LogP contribution in [0.5, 0.6) is 0 Å². The first-order valence-electron chi connectivity index (χ1n) is 5.59. The molecule has 112 valence electrons. The second kappa shape index (κ2) is 6.51. The average Bonchev–Trinajstić information content (AvgIpc) is 2.36. The Balaban J connectivity index is 3.06. The molecule has 0 atom stereocenters. The van der Waals surface area contributed by atoms with Crippen molar-refractivity contribution < 1.29 is 27.5 Å². The molecule has 0 fully saturated rings. The average molecular weight is 295 g/mol. The quantitative estimate of drug-likeness (QED) is 0.803. The van der Waals surface area contributed by atoms with Crippen molar-refractivity contribution in [3.8, 4) is 0 Å². The zero-order valence-corrected chi connectivity index (χ0v) is 10.5. The lowest BCUT2D eigenvalue weighted by Crippen LogP contribution is -2.41. The van der Waals surface area contributed by atoms with Gasteiger partial charge in [-0.2, -0.15) is 13.2 Å². The summed E-state index contributed by atoms with van der Waals surface area (Å²) in [6.45, 7) is -2.77. The highest BCUT2D eigenvalue weighted by Gasteiger charge is 2.34. The van der Waals surface area contributed by atoms with Gasteiger partial charge in [0.2, 0.25) is 0 Å². The number of aliphatic hydroxyl groups excluding tert-OH is 1. The molecule has 0 aliphatic carbocycles. The molecule has 0 aliphatic heterocycles. The summed E-state index contributed by atoms with van der Waals surface area (Å²) in [5, 5.41) is 11.1. The molecule has 1 rings (SSSR count). The van der Waals surface area contributed by atoms with Gasteiger partial charge in [0.15, 0.2) is 11.6 Å². The molecule has 0 saturated heterocycles. The van der Waals surface area contributed by atoms with Crippen LogP contribution in [0.15, 0.2) is 12.3 Å². The third kappa shape index (κ3) is 4.05. The van der Waals surface area contributed by atoms with Gasteiger partial charge in [0.05, 0.1) is 12.2 Å². The molecule has 0 unspecified atom stereocenters. The van der Waals surface area contributed by atoms with Gasteiger partial charge in [0.1, 0.15) is 6.54 Å². The summed E-state index contributed by atoms with van der Waals surface area (Å²) >= 11 is 0. The molecule has 2 N–H and O–H groups in total. The van der Waals surface area contributed by atoms with E-state index in [1.807, 2.05) is 0 Å². The van der Waals surface area contributed by atoms with Crippen molar-refractivity contribution in [1.29, 1.82) is 0 Å². The molecule has 5 nitrogen and oxygen atoms in total. The molecule has 0 saturated carbocycles. The summed E-state index contributed by atoms with van der Waals surface area (Å²) in [5.41, 5.74) is -0.540. The minimum absolute atomic E-state index is 0.244. The van der Waals surface area contributed by atoms with Gasteiger partial charge in [0, 0.05) is 19.8 Å². The maximum atomic E-state index is 13.8. The van der Waals surface area contributed by atoms with Crippen LogP contribution in [-0.2, 0) is 0 Å². The summed E-state index contributed by atoms with van der Waals surface area (Å²) in [6.07, 6.45) is -3.53. The zero-order valence-electron chi connectivity index (χ0n) is 10.5. The Morgan fingerprint density at radius 2 is 2.15 bits per heavy atom. The van der Waals surface area contributed by atoms with E-state index in [1.54, 1.807) is 0 Å². The molecular formula is C11H13F4N3O2. The predicted molar refractivity (Wildman–Crippen MR) is 62.8 cm³/mol. The minimum atomic E-state index is -4.64. The van der Waals surface area contributed by atoms with Crippen molar-refractivity contribution in [2.24, 2.45) is 0 Å². The van der Waals surface area contributed by atoms with Crippen LogP contribution >= 0.6 is 0 Å². The molecule has 9 heteroatoms. The highest BCUT2D eigenvalue weighted by Crippen LogP contribution is 2.20. The molecule has 1 heterocycles. The lowest BCUT2D eigenvalue weighted by Gasteiger charge is -2.23. The van der Waals surface area contributed by atoms with Crippen LogP contribution in [0.25, 0.3) is 0 Å². The first kappa shape index (κ1) is 16.2. The molecule has 1 amide bonds. The fourth-order valence-electron chi connectivity index (χ4n) is 1.54. The van der Waals surface area contributed by atoms with Crippen LogP contribution < -0.4 is 5.32 Å². The molecule has 0 radical (unpaired) electrons. The lowest BCUT2D eigenvalue weighted by atomic mass is 10.2. The monoisotopic (exact) mass is 295 g/mol. The van der Waals surface area contributed by atoms with Crippen LogP contribution in [0.3, 0.4) is 0 Å². The number of rotatable bonds is 5. The van der Waals surface area contributed by atoms with E-state index in [-0.39, 0.29) is 5.82 Å². The number of nitrogens with zero attached hydrogens (tertiary/aromatic N) is 2. The molecule has 0 bridgehead atoms. The summed E-state index contributed by atoms with van der Waals surface area (Å²) in [4.78, 5) is 15.8. The fourth-order valence-corrected chi connectivity index (χ4v) is 1.54. The Bertz CT molecular complexity index is 479. The number of alkyl halides is 3. The molecule has 1 aromatic heterocycles. The molecule has 1 aromatic rings. The normalized spacial score (nSPS) is 11.3. The SMILES string of the molecule is CNc1nccc(C(=O)N(CCO)CC(F)(F)F)c1F. The molecule has 20 heavy (non-hydrogen) atoms. The fraction of sp³-hybridized carbons (Fsp3) is 0.455. The van der Waals surface area contributed by atoms with E-state index in [9.17, 15) is 22.4 Å². The van der Waals surface area contributed by atoms with Crippen molar-refractivity contribution >= 4 is 11.7 Å². The van der Waals surface area contributed by atoms with Crippen LogP contribution in [0.2, 0.25) is 0 Å². The van der Waals surface area contributed by atoms with Crippen molar-refractivity contribution in [2.75, 3.05) is 32.1 Å². The van der Waals surface area contributed by atoms with Gasteiger partial charge in [-0.1, -0.05) is 0 Å². The summed E-state index contributed by atoms with van der Waals surface area (Å²) in [5.74, 6) is -2.44. The van der Waals surface area contributed by atoms with E-state index in [4.69, 9.17) is 5.11 Å². The van der Waals surface area contributed by atoms with Gasteiger partial charge in [-0.3, -0.25) is 4.79 Å². The standard InChI is InChI=1S/C11H13F4N3O2/c1-16-9-8(12)7(2-3-17-9)10(20)18(4-5-19)6-11(13,14)15/h2-3,19H,4-6H2,1H3,(H,16,17). The van der Waals surface area contributed by atoms with Crippen molar-refractivity contribution in [3.63, 3.8) is 0 Å². The number of nitrogens with one attached hydrogen (secondary N) is 1. The first-order chi connectivity index (χ1) is 9.30. The summed E-state index contributed by atoms with van der Waals surface area (Å²) in [6, 6.07) is 0.985. The van der Waals surface area contributed by atoms with E-state index in [1.165, 1.54) is 7.05 Å². The van der Waals surface area contributed by atoms with Gasteiger partial charge in [0.25, 0.3) is 5.91 Å². The Hall–Kier alpha value is -1.90. The molecule has 0 spiro atoms.